The lowest BCUT2D eigenvalue weighted by molar-refractivity contribution is 0.0697. The van der Waals surface area contributed by atoms with Gasteiger partial charge in [-0.1, -0.05) is 15.9 Å². The molecule has 0 aliphatic rings. The van der Waals surface area contributed by atoms with E-state index >= 15 is 0 Å². The SMILES string of the molecule is COc1ccc(Br)cc1-c1cnc(C(C)(C)O)[nH]1. The van der Waals surface area contributed by atoms with Gasteiger partial charge in [-0.25, -0.2) is 4.98 Å². The van der Waals surface area contributed by atoms with E-state index < -0.39 is 5.60 Å². The summed E-state index contributed by atoms with van der Waals surface area (Å²) in [4.78, 5) is 7.30. The molecule has 2 N–H and O–H groups in total. The fourth-order valence-electron chi connectivity index (χ4n) is 1.66. The van der Waals surface area contributed by atoms with Crippen LogP contribution in [0, 0.1) is 0 Å². The number of halogens is 1. The van der Waals surface area contributed by atoms with Crippen LogP contribution in [0.4, 0.5) is 0 Å². The number of aliphatic hydroxyl groups is 1. The number of H-pyrrole nitrogens is 1. The van der Waals surface area contributed by atoms with Crippen LogP contribution in [0.15, 0.2) is 28.9 Å². The second-order valence-electron chi connectivity index (χ2n) is 4.55. The van der Waals surface area contributed by atoms with Gasteiger partial charge in [0.25, 0.3) is 0 Å². The lowest BCUT2D eigenvalue weighted by atomic mass is 10.1. The quantitative estimate of drug-likeness (QED) is 0.916. The molecule has 0 amide bonds. The molecule has 0 aliphatic heterocycles. The Morgan fingerprint density at radius 3 is 2.67 bits per heavy atom. The molecule has 1 aromatic heterocycles. The van der Waals surface area contributed by atoms with Crippen LogP contribution < -0.4 is 4.74 Å². The van der Waals surface area contributed by atoms with E-state index in [-0.39, 0.29) is 0 Å². The summed E-state index contributed by atoms with van der Waals surface area (Å²) in [5, 5.41) is 9.90. The van der Waals surface area contributed by atoms with Crippen molar-refractivity contribution in [3.8, 4) is 17.0 Å². The smallest absolute Gasteiger partial charge is 0.138 e. The van der Waals surface area contributed by atoms with E-state index in [9.17, 15) is 5.11 Å². The highest BCUT2D eigenvalue weighted by molar-refractivity contribution is 9.10. The summed E-state index contributed by atoms with van der Waals surface area (Å²) in [6.07, 6.45) is 1.69. The number of hydrogen-bond acceptors (Lipinski definition) is 3. The summed E-state index contributed by atoms with van der Waals surface area (Å²) < 4.78 is 6.27. The molecule has 4 nitrogen and oxygen atoms in total. The van der Waals surface area contributed by atoms with Crippen molar-refractivity contribution in [3.63, 3.8) is 0 Å². The Labute approximate surface area is 114 Å². The van der Waals surface area contributed by atoms with Crippen molar-refractivity contribution in [2.45, 2.75) is 19.4 Å². The fourth-order valence-corrected chi connectivity index (χ4v) is 2.02. The van der Waals surface area contributed by atoms with Gasteiger partial charge in [0.05, 0.1) is 19.0 Å². The Kier molecular flexibility index (Phi) is 3.45. The van der Waals surface area contributed by atoms with Crippen molar-refractivity contribution in [2.75, 3.05) is 7.11 Å². The minimum atomic E-state index is -0.989. The third-order valence-electron chi connectivity index (χ3n) is 2.61. The second-order valence-corrected chi connectivity index (χ2v) is 5.46. The Hall–Kier alpha value is -1.33. The zero-order valence-corrected chi connectivity index (χ0v) is 12.1. The molecule has 2 aromatic rings. The van der Waals surface area contributed by atoms with Gasteiger partial charge >= 0.3 is 0 Å². The summed E-state index contributed by atoms with van der Waals surface area (Å²) in [5.41, 5.74) is 0.720. The van der Waals surface area contributed by atoms with Crippen molar-refractivity contribution < 1.29 is 9.84 Å². The van der Waals surface area contributed by atoms with Gasteiger partial charge in [0.15, 0.2) is 0 Å². The normalized spacial score (nSPS) is 11.6. The molecular weight excluding hydrogens is 296 g/mol. The van der Waals surface area contributed by atoms with Crippen LogP contribution in [0.5, 0.6) is 5.75 Å². The highest BCUT2D eigenvalue weighted by Crippen LogP contribution is 2.32. The molecule has 0 saturated carbocycles. The third kappa shape index (κ3) is 2.57. The minimum Gasteiger partial charge on any atom is -0.496 e. The van der Waals surface area contributed by atoms with Gasteiger partial charge in [-0.3, -0.25) is 0 Å². The van der Waals surface area contributed by atoms with Crippen LogP contribution >= 0.6 is 15.9 Å². The van der Waals surface area contributed by atoms with E-state index in [1.54, 1.807) is 27.2 Å². The zero-order valence-electron chi connectivity index (χ0n) is 10.5. The number of nitrogens with one attached hydrogen (secondary N) is 1. The topological polar surface area (TPSA) is 58.1 Å². The van der Waals surface area contributed by atoms with Crippen molar-refractivity contribution >= 4 is 15.9 Å². The molecule has 0 unspecified atom stereocenters. The van der Waals surface area contributed by atoms with Gasteiger partial charge in [0.2, 0.25) is 0 Å². The average Bonchev–Trinajstić information content (AvgIpc) is 2.77. The van der Waals surface area contributed by atoms with E-state index in [0.717, 1.165) is 21.5 Å². The summed E-state index contributed by atoms with van der Waals surface area (Å²) in [5.74, 6) is 1.28. The number of aromatic nitrogens is 2. The summed E-state index contributed by atoms with van der Waals surface area (Å²) in [6.45, 7) is 3.38. The van der Waals surface area contributed by atoms with Crippen molar-refractivity contribution in [2.24, 2.45) is 0 Å². The number of imidazole rings is 1. The highest BCUT2D eigenvalue weighted by Gasteiger charge is 2.20. The van der Waals surface area contributed by atoms with Crippen molar-refractivity contribution in [3.05, 3.63) is 34.7 Å². The predicted octanol–water partition coefficient (Wildman–Crippen LogP) is 3.08. The van der Waals surface area contributed by atoms with E-state index in [1.807, 2.05) is 18.2 Å². The monoisotopic (exact) mass is 310 g/mol. The van der Waals surface area contributed by atoms with E-state index in [4.69, 9.17) is 4.74 Å². The van der Waals surface area contributed by atoms with Gasteiger partial charge in [-0.05, 0) is 32.0 Å². The van der Waals surface area contributed by atoms with Gasteiger partial charge in [0.1, 0.15) is 17.2 Å². The van der Waals surface area contributed by atoms with E-state index in [0.29, 0.717) is 5.82 Å². The van der Waals surface area contributed by atoms with Gasteiger partial charge in [0, 0.05) is 10.0 Å². The molecule has 18 heavy (non-hydrogen) atoms. The van der Waals surface area contributed by atoms with Gasteiger partial charge in [-0.2, -0.15) is 0 Å². The number of hydrogen-bond donors (Lipinski definition) is 2. The minimum absolute atomic E-state index is 0.527. The molecule has 0 spiro atoms. The zero-order chi connectivity index (χ0) is 13.3. The maximum Gasteiger partial charge on any atom is 0.138 e. The number of ether oxygens (including phenoxy) is 1. The highest BCUT2D eigenvalue weighted by atomic mass is 79.9. The maximum atomic E-state index is 9.90. The molecular formula is C13H15BrN2O2. The van der Waals surface area contributed by atoms with Crippen molar-refractivity contribution in [1.29, 1.82) is 0 Å². The fraction of sp³-hybridized carbons (Fsp3) is 0.308. The number of aromatic amines is 1. The molecule has 0 radical (unpaired) electrons. The maximum absolute atomic E-state index is 9.90. The van der Waals surface area contributed by atoms with Crippen LogP contribution in [0.1, 0.15) is 19.7 Å². The Morgan fingerprint density at radius 1 is 1.39 bits per heavy atom. The lowest BCUT2D eigenvalue weighted by Gasteiger charge is -2.13. The first-order valence-corrected chi connectivity index (χ1v) is 6.33. The Morgan fingerprint density at radius 2 is 2.11 bits per heavy atom. The first-order chi connectivity index (χ1) is 8.41. The van der Waals surface area contributed by atoms with Gasteiger partial charge in [-0.15, -0.1) is 0 Å². The third-order valence-corrected chi connectivity index (χ3v) is 3.10. The number of methoxy groups -OCH3 is 1. The van der Waals surface area contributed by atoms with Crippen LogP contribution in [0.25, 0.3) is 11.3 Å². The molecule has 0 bridgehead atoms. The van der Waals surface area contributed by atoms with Gasteiger partial charge < -0.3 is 14.8 Å². The summed E-state index contributed by atoms with van der Waals surface area (Å²) in [7, 11) is 1.62. The van der Waals surface area contributed by atoms with Crippen LogP contribution in [0.3, 0.4) is 0 Å². The first-order valence-electron chi connectivity index (χ1n) is 5.53. The molecule has 1 heterocycles. The number of benzene rings is 1. The molecule has 0 atom stereocenters. The molecule has 1 aromatic carbocycles. The van der Waals surface area contributed by atoms with Crippen LogP contribution in [0.2, 0.25) is 0 Å². The molecule has 2 rings (SSSR count). The average molecular weight is 311 g/mol. The number of nitrogens with zero attached hydrogens (tertiary/aromatic N) is 1. The standard InChI is InChI=1S/C13H15BrN2O2/c1-13(2,17)12-15-7-10(16-12)9-6-8(14)4-5-11(9)18-3/h4-7,17H,1-3H3,(H,15,16). The Bertz CT molecular complexity index is 558. The van der Waals surface area contributed by atoms with Crippen molar-refractivity contribution in [1.82, 2.24) is 9.97 Å². The molecule has 0 saturated heterocycles. The number of rotatable bonds is 3. The lowest BCUT2D eigenvalue weighted by Crippen LogP contribution is -2.17. The molecule has 0 aliphatic carbocycles. The molecule has 0 fully saturated rings. The van der Waals surface area contributed by atoms with E-state index in [2.05, 4.69) is 25.9 Å². The predicted molar refractivity (Wildman–Crippen MR) is 73.5 cm³/mol. The summed E-state index contributed by atoms with van der Waals surface area (Å²) in [6, 6.07) is 5.74. The van der Waals surface area contributed by atoms with Crippen LogP contribution in [-0.2, 0) is 5.60 Å². The van der Waals surface area contributed by atoms with Crippen LogP contribution in [-0.4, -0.2) is 22.2 Å². The summed E-state index contributed by atoms with van der Waals surface area (Å²) >= 11 is 3.43. The molecule has 96 valence electrons. The Balaban J connectivity index is 2.49. The first kappa shape index (κ1) is 13.1. The molecule has 5 heteroatoms. The van der Waals surface area contributed by atoms with E-state index in [1.165, 1.54) is 0 Å². The largest absolute Gasteiger partial charge is 0.496 e. The second kappa shape index (κ2) is 4.74.